The molecule has 0 radical (unpaired) electrons. The highest BCUT2D eigenvalue weighted by Crippen LogP contribution is 2.27. The molecule has 0 aliphatic carbocycles. The van der Waals surface area contributed by atoms with Gasteiger partial charge in [0.25, 0.3) is 0 Å². The smallest absolute Gasteiger partial charge is 0.224 e. The molecule has 0 bridgehead atoms. The van der Waals surface area contributed by atoms with Crippen LogP contribution in [0.4, 0.5) is 0 Å². The predicted octanol–water partition coefficient (Wildman–Crippen LogP) is 3.03. The van der Waals surface area contributed by atoms with E-state index in [4.69, 9.17) is 9.47 Å². The Labute approximate surface area is 95.0 Å². The Morgan fingerprint density at radius 1 is 1.19 bits per heavy atom. The van der Waals surface area contributed by atoms with Crippen LogP contribution in [0.5, 0.6) is 11.8 Å². The Morgan fingerprint density at radius 2 is 1.94 bits per heavy atom. The maximum atomic E-state index is 5.68. The average Bonchev–Trinajstić information content (AvgIpc) is 2.28. The summed E-state index contributed by atoms with van der Waals surface area (Å²) in [4.78, 5) is 4.32. The number of hydrogen-bond donors (Lipinski definition) is 0. The van der Waals surface area contributed by atoms with Crippen LogP contribution in [-0.2, 0) is 0 Å². The van der Waals surface area contributed by atoms with E-state index in [1.165, 1.54) is 0 Å². The fourth-order valence-corrected chi connectivity index (χ4v) is 1.56. The van der Waals surface area contributed by atoms with Crippen LogP contribution in [0.2, 0.25) is 0 Å². The third kappa shape index (κ3) is 2.08. The number of benzene rings is 1. The average molecular weight is 217 g/mol. The topological polar surface area (TPSA) is 31.4 Å². The second-order valence-corrected chi connectivity index (χ2v) is 3.86. The Morgan fingerprint density at radius 3 is 2.62 bits per heavy atom. The molecule has 84 valence electrons. The summed E-state index contributed by atoms with van der Waals surface area (Å²) in [6.45, 7) is 3.96. The molecule has 0 atom stereocenters. The number of methoxy groups -OCH3 is 1. The minimum Gasteiger partial charge on any atom is -0.481 e. The van der Waals surface area contributed by atoms with E-state index in [1.54, 1.807) is 7.11 Å². The first kappa shape index (κ1) is 10.7. The zero-order valence-corrected chi connectivity index (χ0v) is 9.73. The third-order valence-corrected chi connectivity index (χ3v) is 2.24. The van der Waals surface area contributed by atoms with E-state index in [1.807, 2.05) is 44.2 Å². The summed E-state index contributed by atoms with van der Waals surface area (Å²) in [5, 5.41) is 2.09. The van der Waals surface area contributed by atoms with Gasteiger partial charge in [-0.2, -0.15) is 4.98 Å². The van der Waals surface area contributed by atoms with Gasteiger partial charge in [0.05, 0.1) is 13.2 Å². The molecule has 3 heteroatoms. The van der Waals surface area contributed by atoms with E-state index < -0.39 is 0 Å². The van der Waals surface area contributed by atoms with Gasteiger partial charge in [0.2, 0.25) is 11.8 Å². The molecule has 1 heterocycles. The first-order valence-corrected chi connectivity index (χ1v) is 5.31. The van der Waals surface area contributed by atoms with Crippen molar-refractivity contribution >= 4 is 10.8 Å². The fourth-order valence-electron chi connectivity index (χ4n) is 1.56. The standard InChI is InChI=1S/C13H15NO2/c1-9(2)16-13-11-7-5-4-6-10(11)8-12(14-13)15-3/h4-9H,1-3H3. The number of nitrogens with zero attached hydrogens (tertiary/aromatic N) is 1. The number of ether oxygens (including phenoxy) is 2. The highest BCUT2D eigenvalue weighted by Gasteiger charge is 2.08. The van der Waals surface area contributed by atoms with Crippen LogP contribution in [0.25, 0.3) is 10.8 Å². The number of rotatable bonds is 3. The predicted molar refractivity (Wildman–Crippen MR) is 64.1 cm³/mol. The molecule has 0 aliphatic heterocycles. The summed E-state index contributed by atoms with van der Waals surface area (Å²) in [6.07, 6.45) is 0.100. The van der Waals surface area contributed by atoms with E-state index in [0.29, 0.717) is 11.8 Å². The van der Waals surface area contributed by atoms with Crippen LogP contribution < -0.4 is 9.47 Å². The molecule has 1 aromatic carbocycles. The van der Waals surface area contributed by atoms with Crippen LogP contribution in [-0.4, -0.2) is 18.2 Å². The maximum absolute atomic E-state index is 5.68. The van der Waals surface area contributed by atoms with Gasteiger partial charge in [0, 0.05) is 11.5 Å². The number of aromatic nitrogens is 1. The Bertz CT molecular complexity index is 494. The van der Waals surface area contributed by atoms with Crippen molar-refractivity contribution in [2.24, 2.45) is 0 Å². The molecule has 0 amide bonds. The normalized spacial score (nSPS) is 10.8. The van der Waals surface area contributed by atoms with E-state index >= 15 is 0 Å². The second-order valence-electron chi connectivity index (χ2n) is 3.86. The second kappa shape index (κ2) is 4.39. The fraction of sp³-hybridized carbons (Fsp3) is 0.308. The molecular weight excluding hydrogens is 202 g/mol. The number of hydrogen-bond acceptors (Lipinski definition) is 3. The molecule has 3 nitrogen and oxygen atoms in total. The lowest BCUT2D eigenvalue weighted by Gasteiger charge is -2.12. The van der Waals surface area contributed by atoms with Gasteiger partial charge in [0.1, 0.15) is 0 Å². The van der Waals surface area contributed by atoms with Gasteiger partial charge >= 0.3 is 0 Å². The molecule has 0 aliphatic rings. The first-order chi connectivity index (χ1) is 7.70. The first-order valence-electron chi connectivity index (χ1n) is 5.31. The van der Waals surface area contributed by atoms with Crippen LogP contribution in [0.1, 0.15) is 13.8 Å². The van der Waals surface area contributed by atoms with Gasteiger partial charge in [-0.15, -0.1) is 0 Å². The Balaban J connectivity index is 2.59. The largest absolute Gasteiger partial charge is 0.481 e. The van der Waals surface area contributed by atoms with E-state index in [0.717, 1.165) is 10.8 Å². The number of pyridine rings is 1. The lowest BCUT2D eigenvalue weighted by molar-refractivity contribution is 0.233. The minimum absolute atomic E-state index is 0.100. The van der Waals surface area contributed by atoms with Crippen molar-refractivity contribution in [3.8, 4) is 11.8 Å². The molecular formula is C13H15NO2. The van der Waals surface area contributed by atoms with Crippen molar-refractivity contribution in [3.63, 3.8) is 0 Å². The Hall–Kier alpha value is -1.77. The van der Waals surface area contributed by atoms with E-state index in [2.05, 4.69) is 4.98 Å². The van der Waals surface area contributed by atoms with Gasteiger partial charge < -0.3 is 9.47 Å². The highest BCUT2D eigenvalue weighted by atomic mass is 16.5. The van der Waals surface area contributed by atoms with Gasteiger partial charge in [-0.25, -0.2) is 0 Å². The third-order valence-electron chi connectivity index (χ3n) is 2.24. The van der Waals surface area contributed by atoms with Crippen molar-refractivity contribution in [2.75, 3.05) is 7.11 Å². The molecule has 2 rings (SSSR count). The van der Waals surface area contributed by atoms with Gasteiger partial charge in [0.15, 0.2) is 0 Å². The van der Waals surface area contributed by atoms with Crippen LogP contribution in [0, 0.1) is 0 Å². The lowest BCUT2D eigenvalue weighted by Crippen LogP contribution is -2.07. The quantitative estimate of drug-likeness (QED) is 0.791. The molecule has 0 saturated heterocycles. The van der Waals surface area contributed by atoms with Crippen LogP contribution in [0.15, 0.2) is 30.3 Å². The zero-order chi connectivity index (χ0) is 11.5. The van der Waals surface area contributed by atoms with Crippen molar-refractivity contribution < 1.29 is 9.47 Å². The molecule has 0 saturated carbocycles. The van der Waals surface area contributed by atoms with Crippen molar-refractivity contribution in [1.82, 2.24) is 4.98 Å². The summed E-state index contributed by atoms with van der Waals surface area (Å²) < 4.78 is 10.8. The van der Waals surface area contributed by atoms with Crippen LogP contribution >= 0.6 is 0 Å². The van der Waals surface area contributed by atoms with Gasteiger partial charge in [-0.05, 0) is 25.3 Å². The zero-order valence-electron chi connectivity index (χ0n) is 9.73. The molecule has 0 fully saturated rings. The maximum Gasteiger partial charge on any atom is 0.224 e. The number of fused-ring (bicyclic) bond motifs is 1. The summed E-state index contributed by atoms with van der Waals surface area (Å²) in [5.41, 5.74) is 0. The summed E-state index contributed by atoms with van der Waals surface area (Å²) in [5.74, 6) is 1.21. The summed E-state index contributed by atoms with van der Waals surface area (Å²) >= 11 is 0. The summed E-state index contributed by atoms with van der Waals surface area (Å²) in [7, 11) is 1.61. The molecule has 0 N–H and O–H groups in total. The monoisotopic (exact) mass is 217 g/mol. The van der Waals surface area contributed by atoms with Crippen molar-refractivity contribution in [1.29, 1.82) is 0 Å². The Kier molecular flexibility index (Phi) is 2.95. The van der Waals surface area contributed by atoms with E-state index in [-0.39, 0.29) is 6.10 Å². The molecule has 0 spiro atoms. The SMILES string of the molecule is COc1cc2ccccc2c(OC(C)C)n1. The van der Waals surface area contributed by atoms with Crippen molar-refractivity contribution in [3.05, 3.63) is 30.3 Å². The summed E-state index contributed by atoms with van der Waals surface area (Å²) in [6, 6.07) is 9.89. The minimum atomic E-state index is 0.100. The highest BCUT2D eigenvalue weighted by molar-refractivity contribution is 5.87. The molecule has 1 aromatic heterocycles. The molecule has 16 heavy (non-hydrogen) atoms. The van der Waals surface area contributed by atoms with Crippen LogP contribution in [0.3, 0.4) is 0 Å². The molecule has 0 unspecified atom stereocenters. The van der Waals surface area contributed by atoms with Gasteiger partial charge in [-0.1, -0.05) is 18.2 Å². The lowest BCUT2D eigenvalue weighted by atomic mass is 10.2. The van der Waals surface area contributed by atoms with Gasteiger partial charge in [-0.3, -0.25) is 0 Å². The van der Waals surface area contributed by atoms with E-state index in [9.17, 15) is 0 Å². The van der Waals surface area contributed by atoms with Crippen molar-refractivity contribution in [2.45, 2.75) is 20.0 Å². The molecule has 2 aromatic rings.